The van der Waals surface area contributed by atoms with Crippen molar-refractivity contribution >= 4 is 15.9 Å². The molecule has 0 saturated carbocycles. The van der Waals surface area contributed by atoms with Crippen molar-refractivity contribution in [3.8, 4) is 5.75 Å². The molecular formula is C14H11BrF2O2. The molecule has 0 heterocycles. The SMILES string of the molecule is OCc1cc(F)cc(OCc2cc(F)cc(Br)c2)c1. The lowest BCUT2D eigenvalue weighted by molar-refractivity contribution is 0.276. The van der Waals surface area contributed by atoms with Crippen LogP contribution in [-0.2, 0) is 13.2 Å². The standard InChI is InChI=1S/C14H11BrF2O2/c15-11-1-10(3-12(16)5-11)8-19-14-4-9(7-18)2-13(17)6-14/h1-6,18H,7-8H2. The Morgan fingerprint density at radius 2 is 1.63 bits per heavy atom. The van der Waals surface area contributed by atoms with Crippen molar-refractivity contribution in [2.75, 3.05) is 0 Å². The largest absolute Gasteiger partial charge is 0.489 e. The molecule has 0 atom stereocenters. The molecule has 2 nitrogen and oxygen atoms in total. The maximum Gasteiger partial charge on any atom is 0.127 e. The van der Waals surface area contributed by atoms with Crippen LogP contribution in [0.3, 0.4) is 0 Å². The van der Waals surface area contributed by atoms with E-state index in [4.69, 9.17) is 9.84 Å². The quantitative estimate of drug-likeness (QED) is 0.925. The van der Waals surface area contributed by atoms with Crippen LogP contribution in [0, 0.1) is 11.6 Å². The zero-order chi connectivity index (χ0) is 13.8. The van der Waals surface area contributed by atoms with Crippen LogP contribution >= 0.6 is 15.9 Å². The van der Waals surface area contributed by atoms with E-state index < -0.39 is 5.82 Å². The van der Waals surface area contributed by atoms with E-state index in [2.05, 4.69) is 15.9 Å². The Balaban J connectivity index is 2.11. The molecule has 100 valence electrons. The van der Waals surface area contributed by atoms with Gasteiger partial charge in [0, 0.05) is 10.5 Å². The van der Waals surface area contributed by atoms with Crippen molar-refractivity contribution in [2.24, 2.45) is 0 Å². The van der Waals surface area contributed by atoms with Gasteiger partial charge in [0.25, 0.3) is 0 Å². The summed E-state index contributed by atoms with van der Waals surface area (Å²) in [6.45, 7) is -0.148. The third-order valence-electron chi connectivity index (χ3n) is 2.44. The van der Waals surface area contributed by atoms with E-state index in [1.165, 1.54) is 30.3 Å². The summed E-state index contributed by atoms with van der Waals surface area (Å²) >= 11 is 3.19. The average Bonchev–Trinajstić information content (AvgIpc) is 2.34. The number of rotatable bonds is 4. The summed E-state index contributed by atoms with van der Waals surface area (Å²) in [4.78, 5) is 0. The number of aliphatic hydroxyl groups excluding tert-OH is 1. The molecule has 0 aliphatic rings. The molecule has 2 rings (SSSR count). The first-order valence-electron chi connectivity index (χ1n) is 5.55. The Hall–Kier alpha value is -1.46. The minimum Gasteiger partial charge on any atom is -0.489 e. The molecule has 0 radical (unpaired) electrons. The number of halogens is 3. The van der Waals surface area contributed by atoms with E-state index in [-0.39, 0.29) is 19.0 Å². The number of hydrogen-bond donors (Lipinski definition) is 1. The second kappa shape index (κ2) is 6.12. The van der Waals surface area contributed by atoms with Gasteiger partial charge in [-0.05, 0) is 41.5 Å². The summed E-state index contributed by atoms with van der Waals surface area (Å²) in [7, 11) is 0. The monoisotopic (exact) mass is 328 g/mol. The lowest BCUT2D eigenvalue weighted by Gasteiger charge is -2.08. The van der Waals surface area contributed by atoms with Crippen molar-refractivity contribution in [3.63, 3.8) is 0 Å². The van der Waals surface area contributed by atoms with Gasteiger partial charge in [0.1, 0.15) is 24.0 Å². The van der Waals surface area contributed by atoms with E-state index in [1.807, 2.05) is 0 Å². The molecule has 0 spiro atoms. The van der Waals surface area contributed by atoms with Gasteiger partial charge in [-0.3, -0.25) is 0 Å². The maximum absolute atomic E-state index is 13.2. The van der Waals surface area contributed by atoms with Gasteiger partial charge >= 0.3 is 0 Å². The Labute approximate surface area is 117 Å². The lowest BCUT2D eigenvalue weighted by atomic mass is 10.2. The van der Waals surface area contributed by atoms with E-state index >= 15 is 0 Å². The molecule has 19 heavy (non-hydrogen) atoms. The second-order valence-corrected chi connectivity index (χ2v) is 4.94. The van der Waals surface area contributed by atoms with Crippen molar-refractivity contribution in [1.29, 1.82) is 0 Å². The highest BCUT2D eigenvalue weighted by molar-refractivity contribution is 9.10. The first kappa shape index (κ1) is 14.0. The minimum absolute atomic E-state index is 0.116. The molecule has 0 amide bonds. The Bertz CT molecular complexity index is 567. The molecule has 0 aliphatic heterocycles. The summed E-state index contributed by atoms with van der Waals surface area (Å²) in [6.07, 6.45) is 0. The van der Waals surface area contributed by atoms with Crippen molar-refractivity contribution in [2.45, 2.75) is 13.2 Å². The smallest absolute Gasteiger partial charge is 0.127 e. The summed E-state index contributed by atoms with van der Waals surface area (Å²) in [5.41, 5.74) is 1.05. The minimum atomic E-state index is -0.484. The number of hydrogen-bond acceptors (Lipinski definition) is 2. The fourth-order valence-electron chi connectivity index (χ4n) is 1.66. The van der Waals surface area contributed by atoms with Crippen molar-refractivity contribution < 1.29 is 18.6 Å². The van der Waals surface area contributed by atoms with E-state index in [0.29, 0.717) is 21.3 Å². The van der Waals surface area contributed by atoms with Gasteiger partial charge in [0.15, 0.2) is 0 Å². The van der Waals surface area contributed by atoms with E-state index in [1.54, 1.807) is 6.07 Å². The summed E-state index contributed by atoms with van der Waals surface area (Å²) in [6, 6.07) is 8.39. The molecule has 0 saturated heterocycles. The molecule has 0 aromatic heterocycles. The third-order valence-corrected chi connectivity index (χ3v) is 2.90. The highest BCUT2D eigenvalue weighted by atomic mass is 79.9. The van der Waals surface area contributed by atoms with E-state index in [0.717, 1.165) is 0 Å². The molecule has 0 unspecified atom stereocenters. The lowest BCUT2D eigenvalue weighted by Crippen LogP contribution is -1.98. The molecule has 0 fully saturated rings. The molecule has 2 aromatic carbocycles. The molecular weight excluding hydrogens is 318 g/mol. The highest BCUT2D eigenvalue weighted by Crippen LogP contribution is 2.20. The van der Waals surface area contributed by atoms with Crippen LogP contribution in [0.2, 0.25) is 0 Å². The summed E-state index contributed by atoms with van der Waals surface area (Å²) in [5, 5.41) is 8.97. The Kier molecular flexibility index (Phi) is 4.50. The van der Waals surface area contributed by atoms with Gasteiger partial charge in [0.05, 0.1) is 6.61 Å². The van der Waals surface area contributed by atoms with Crippen LogP contribution in [0.1, 0.15) is 11.1 Å². The first-order valence-corrected chi connectivity index (χ1v) is 6.34. The predicted octanol–water partition coefficient (Wildman–Crippen LogP) is 3.80. The van der Waals surface area contributed by atoms with Gasteiger partial charge in [0.2, 0.25) is 0 Å². The van der Waals surface area contributed by atoms with Crippen LogP contribution in [0.4, 0.5) is 8.78 Å². The van der Waals surface area contributed by atoms with Crippen molar-refractivity contribution in [3.05, 3.63) is 63.6 Å². The van der Waals surface area contributed by atoms with Crippen LogP contribution in [0.15, 0.2) is 40.9 Å². The topological polar surface area (TPSA) is 29.5 Å². The maximum atomic E-state index is 13.2. The van der Waals surface area contributed by atoms with E-state index in [9.17, 15) is 8.78 Å². The van der Waals surface area contributed by atoms with Crippen LogP contribution < -0.4 is 4.74 Å². The second-order valence-electron chi connectivity index (χ2n) is 4.02. The van der Waals surface area contributed by atoms with Gasteiger partial charge < -0.3 is 9.84 Å². The fourth-order valence-corrected chi connectivity index (χ4v) is 2.17. The van der Waals surface area contributed by atoms with Gasteiger partial charge in [-0.1, -0.05) is 15.9 Å². The zero-order valence-corrected chi connectivity index (χ0v) is 11.5. The molecule has 0 bridgehead atoms. The Morgan fingerprint density at radius 3 is 2.32 bits per heavy atom. The first-order chi connectivity index (χ1) is 9.06. The van der Waals surface area contributed by atoms with Crippen LogP contribution in [-0.4, -0.2) is 5.11 Å². The number of ether oxygens (including phenoxy) is 1. The zero-order valence-electron chi connectivity index (χ0n) is 9.87. The van der Waals surface area contributed by atoms with Gasteiger partial charge in [-0.2, -0.15) is 0 Å². The molecule has 0 aliphatic carbocycles. The van der Waals surface area contributed by atoms with Gasteiger partial charge in [-0.15, -0.1) is 0 Å². The molecule has 2 aromatic rings. The normalized spacial score (nSPS) is 10.5. The summed E-state index contributed by atoms with van der Waals surface area (Å²) in [5.74, 6) is -0.560. The van der Waals surface area contributed by atoms with Crippen LogP contribution in [0.25, 0.3) is 0 Å². The predicted molar refractivity (Wildman–Crippen MR) is 70.8 cm³/mol. The number of benzene rings is 2. The summed E-state index contributed by atoms with van der Waals surface area (Å²) < 4.78 is 32.4. The molecule has 5 heteroatoms. The fraction of sp³-hybridized carbons (Fsp3) is 0.143. The van der Waals surface area contributed by atoms with Crippen LogP contribution in [0.5, 0.6) is 5.75 Å². The third kappa shape index (κ3) is 4.01. The average molecular weight is 329 g/mol. The van der Waals surface area contributed by atoms with Crippen molar-refractivity contribution in [1.82, 2.24) is 0 Å². The highest BCUT2D eigenvalue weighted by Gasteiger charge is 2.04. The van der Waals surface area contributed by atoms with Gasteiger partial charge in [-0.25, -0.2) is 8.78 Å². The molecule has 1 N–H and O–H groups in total. The number of aliphatic hydroxyl groups is 1. The Morgan fingerprint density at radius 1 is 0.947 bits per heavy atom.